The van der Waals surface area contributed by atoms with Gasteiger partial charge in [0.15, 0.2) is 11.3 Å². The van der Waals surface area contributed by atoms with Gasteiger partial charge >= 0.3 is 0 Å². The number of benzene rings is 1. The van der Waals surface area contributed by atoms with Crippen LogP contribution >= 0.6 is 0 Å². The van der Waals surface area contributed by atoms with E-state index >= 15 is 0 Å². The minimum atomic E-state index is 0.793. The van der Waals surface area contributed by atoms with Crippen molar-refractivity contribution < 1.29 is 9.15 Å². The molecule has 3 rings (SSSR count). The molecule has 0 amide bonds. The van der Waals surface area contributed by atoms with E-state index in [1.807, 2.05) is 12.1 Å². The third-order valence-electron chi connectivity index (χ3n) is 4.77. The molecule has 0 radical (unpaired) electrons. The first kappa shape index (κ1) is 14.5. The van der Waals surface area contributed by atoms with Gasteiger partial charge < -0.3 is 14.5 Å². The van der Waals surface area contributed by atoms with Crippen LogP contribution in [-0.4, -0.2) is 13.7 Å². The molecule has 2 atom stereocenters. The van der Waals surface area contributed by atoms with Gasteiger partial charge in [0, 0.05) is 5.39 Å². The summed E-state index contributed by atoms with van der Waals surface area (Å²) in [5.41, 5.74) is 0.850. The zero-order chi connectivity index (χ0) is 14.7. The van der Waals surface area contributed by atoms with Gasteiger partial charge in [-0.15, -0.1) is 0 Å². The molecule has 2 unspecified atom stereocenters. The van der Waals surface area contributed by atoms with Crippen LogP contribution in [0.1, 0.15) is 38.4 Å². The van der Waals surface area contributed by atoms with Crippen molar-refractivity contribution in [1.29, 1.82) is 0 Å². The van der Waals surface area contributed by atoms with Gasteiger partial charge in [-0.3, -0.25) is 0 Å². The van der Waals surface area contributed by atoms with E-state index in [4.69, 9.17) is 9.15 Å². The Hall–Kier alpha value is -1.48. The fraction of sp³-hybridized carbons (Fsp3) is 0.556. The lowest BCUT2D eigenvalue weighted by Gasteiger charge is -2.28. The van der Waals surface area contributed by atoms with Crippen LogP contribution in [0.5, 0.6) is 5.75 Å². The molecule has 3 heteroatoms. The average molecular weight is 287 g/mol. The zero-order valence-corrected chi connectivity index (χ0v) is 13.0. The van der Waals surface area contributed by atoms with Crippen LogP contribution in [-0.2, 0) is 6.54 Å². The molecule has 3 nitrogen and oxygen atoms in total. The molecule has 21 heavy (non-hydrogen) atoms. The summed E-state index contributed by atoms with van der Waals surface area (Å²) in [6.45, 7) is 4.27. The van der Waals surface area contributed by atoms with E-state index < -0.39 is 0 Å². The monoisotopic (exact) mass is 287 g/mol. The number of ether oxygens (including phenoxy) is 1. The van der Waals surface area contributed by atoms with E-state index in [0.29, 0.717) is 0 Å². The molecular formula is C18H25NO2. The van der Waals surface area contributed by atoms with Crippen LogP contribution in [0.2, 0.25) is 0 Å². The highest BCUT2D eigenvalue weighted by atomic mass is 16.5. The third kappa shape index (κ3) is 3.24. The van der Waals surface area contributed by atoms with Crippen LogP contribution in [0, 0.1) is 11.8 Å². The highest BCUT2D eigenvalue weighted by Crippen LogP contribution is 2.30. The molecular weight excluding hydrogens is 262 g/mol. The standard InChI is InChI=1S/C18H25NO2/c1-13-6-3-4-7-15(13)11-19-12-16-10-14-8-5-9-17(20-2)18(14)21-16/h5,8-10,13,15,19H,3-4,6-7,11-12H2,1-2H3. The first-order valence-electron chi connectivity index (χ1n) is 8.04. The normalized spacial score (nSPS) is 22.6. The fourth-order valence-electron chi connectivity index (χ4n) is 3.41. The van der Waals surface area contributed by atoms with E-state index in [1.54, 1.807) is 7.11 Å². The Morgan fingerprint density at radius 1 is 1.29 bits per heavy atom. The number of hydrogen-bond acceptors (Lipinski definition) is 3. The largest absolute Gasteiger partial charge is 0.493 e. The first-order valence-corrected chi connectivity index (χ1v) is 8.04. The summed E-state index contributed by atoms with van der Waals surface area (Å²) in [7, 11) is 1.68. The highest BCUT2D eigenvalue weighted by molar-refractivity contribution is 5.83. The van der Waals surface area contributed by atoms with Crippen LogP contribution < -0.4 is 10.1 Å². The van der Waals surface area contributed by atoms with Crippen LogP contribution in [0.15, 0.2) is 28.7 Å². The van der Waals surface area contributed by atoms with E-state index in [-0.39, 0.29) is 0 Å². The maximum Gasteiger partial charge on any atom is 0.176 e. The number of nitrogens with one attached hydrogen (secondary N) is 1. The Labute approximate surface area is 126 Å². The molecule has 1 fully saturated rings. The topological polar surface area (TPSA) is 34.4 Å². The Kier molecular flexibility index (Phi) is 4.49. The molecule has 1 aliphatic rings. The minimum absolute atomic E-state index is 0.793. The second-order valence-electron chi connectivity index (χ2n) is 6.24. The van der Waals surface area contributed by atoms with Gasteiger partial charge in [0.25, 0.3) is 0 Å². The Bertz CT molecular complexity index is 590. The van der Waals surface area contributed by atoms with Gasteiger partial charge in [0.05, 0.1) is 13.7 Å². The molecule has 0 bridgehead atoms. The van der Waals surface area contributed by atoms with Crippen molar-refractivity contribution in [3.8, 4) is 5.75 Å². The quantitative estimate of drug-likeness (QED) is 0.887. The van der Waals surface area contributed by atoms with E-state index in [2.05, 4.69) is 24.4 Å². The maximum absolute atomic E-state index is 5.92. The lowest BCUT2D eigenvalue weighted by Crippen LogP contribution is -2.28. The van der Waals surface area contributed by atoms with Gasteiger partial charge in [-0.05, 0) is 36.9 Å². The third-order valence-corrected chi connectivity index (χ3v) is 4.77. The first-order chi connectivity index (χ1) is 10.3. The van der Waals surface area contributed by atoms with Crippen molar-refractivity contribution in [2.75, 3.05) is 13.7 Å². The summed E-state index contributed by atoms with van der Waals surface area (Å²) < 4.78 is 11.3. The summed E-state index contributed by atoms with van der Waals surface area (Å²) in [5, 5.41) is 4.67. The minimum Gasteiger partial charge on any atom is -0.493 e. The number of methoxy groups -OCH3 is 1. The van der Waals surface area contributed by atoms with E-state index in [0.717, 1.165) is 47.4 Å². The summed E-state index contributed by atoms with van der Waals surface area (Å²) in [4.78, 5) is 0. The molecule has 1 saturated carbocycles. The molecule has 1 aromatic heterocycles. The Morgan fingerprint density at radius 2 is 2.14 bits per heavy atom. The van der Waals surface area contributed by atoms with E-state index in [1.165, 1.54) is 25.7 Å². The molecule has 1 aliphatic carbocycles. The predicted octanol–water partition coefficient (Wildman–Crippen LogP) is 4.36. The summed E-state index contributed by atoms with van der Waals surface area (Å²) in [6, 6.07) is 8.10. The molecule has 2 aromatic rings. The summed E-state index contributed by atoms with van der Waals surface area (Å²) in [6.07, 6.45) is 5.54. The van der Waals surface area contributed by atoms with Crippen LogP contribution in [0.4, 0.5) is 0 Å². The molecule has 0 aliphatic heterocycles. The van der Waals surface area contributed by atoms with Crippen molar-refractivity contribution in [3.63, 3.8) is 0 Å². The van der Waals surface area contributed by atoms with Gasteiger partial charge in [-0.25, -0.2) is 0 Å². The number of rotatable bonds is 5. The van der Waals surface area contributed by atoms with E-state index in [9.17, 15) is 0 Å². The van der Waals surface area contributed by atoms with Crippen molar-refractivity contribution >= 4 is 11.0 Å². The highest BCUT2D eigenvalue weighted by Gasteiger charge is 2.20. The van der Waals surface area contributed by atoms with Gasteiger partial charge in [-0.1, -0.05) is 38.3 Å². The second kappa shape index (κ2) is 6.52. The Balaban J connectivity index is 1.60. The molecule has 1 N–H and O–H groups in total. The van der Waals surface area contributed by atoms with Crippen molar-refractivity contribution in [2.24, 2.45) is 11.8 Å². The van der Waals surface area contributed by atoms with Gasteiger partial charge in [-0.2, -0.15) is 0 Å². The zero-order valence-electron chi connectivity index (χ0n) is 13.0. The SMILES string of the molecule is COc1cccc2cc(CNCC3CCCCC3C)oc12. The lowest BCUT2D eigenvalue weighted by atomic mass is 9.80. The number of hydrogen-bond donors (Lipinski definition) is 1. The smallest absolute Gasteiger partial charge is 0.176 e. The maximum atomic E-state index is 5.92. The van der Waals surface area contributed by atoms with Crippen molar-refractivity contribution in [3.05, 3.63) is 30.0 Å². The second-order valence-corrected chi connectivity index (χ2v) is 6.24. The van der Waals surface area contributed by atoms with Crippen molar-refractivity contribution in [2.45, 2.75) is 39.2 Å². The van der Waals surface area contributed by atoms with Crippen molar-refractivity contribution in [1.82, 2.24) is 5.32 Å². The summed E-state index contributed by atoms with van der Waals surface area (Å²) >= 11 is 0. The fourth-order valence-corrected chi connectivity index (χ4v) is 3.41. The predicted molar refractivity (Wildman–Crippen MR) is 85.6 cm³/mol. The molecule has 1 heterocycles. The number of furan rings is 1. The van der Waals surface area contributed by atoms with Gasteiger partial charge in [0.1, 0.15) is 5.76 Å². The van der Waals surface area contributed by atoms with Gasteiger partial charge in [0.2, 0.25) is 0 Å². The van der Waals surface area contributed by atoms with Crippen LogP contribution in [0.3, 0.4) is 0 Å². The molecule has 1 aromatic carbocycles. The number of fused-ring (bicyclic) bond motifs is 1. The molecule has 114 valence electrons. The molecule has 0 spiro atoms. The Morgan fingerprint density at radius 3 is 2.95 bits per heavy atom. The lowest BCUT2D eigenvalue weighted by molar-refractivity contribution is 0.246. The summed E-state index contributed by atoms with van der Waals surface area (Å²) in [5.74, 6) is 3.46. The van der Waals surface area contributed by atoms with Crippen LogP contribution in [0.25, 0.3) is 11.0 Å². The number of para-hydroxylation sites is 1. The molecule has 0 saturated heterocycles. The average Bonchev–Trinajstić information content (AvgIpc) is 2.92.